The molecule has 28 heavy (non-hydrogen) atoms. The minimum absolute atomic E-state index is 0.255. The molecule has 0 atom stereocenters. The molecule has 3 aliphatic rings. The van der Waals surface area contributed by atoms with Crippen molar-refractivity contribution in [2.75, 3.05) is 44.2 Å². The van der Waals surface area contributed by atoms with Crippen molar-refractivity contribution in [3.05, 3.63) is 29.8 Å². The summed E-state index contributed by atoms with van der Waals surface area (Å²) in [5, 5.41) is 0. The second-order valence-corrected chi connectivity index (χ2v) is 9.27. The smallest absolute Gasteiger partial charge is 0.219 e. The predicted molar refractivity (Wildman–Crippen MR) is 116 cm³/mol. The second kappa shape index (κ2) is 8.86. The molecule has 0 aliphatic carbocycles. The van der Waals surface area contributed by atoms with Gasteiger partial charge in [0.1, 0.15) is 0 Å². The lowest BCUT2D eigenvalue weighted by atomic mass is 9.78. The van der Waals surface area contributed by atoms with Gasteiger partial charge >= 0.3 is 0 Å². The van der Waals surface area contributed by atoms with Gasteiger partial charge in [-0.3, -0.25) is 4.79 Å². The number of rotatable bonds is 3. The Morgan fingerprint density at radius 1 is 0.857 bits per heavy atom. The van der Waals surface area contributed by atoms with E-state index in [0.717, 1.165) is 31.0 Å². The summed E-state index contributed by atoms with van der Waals surface area (Å²) in [6.07, 6.45) is 7.77. The van der Waals surface area contributed by atoms with Crippen LogP contribution in [0.5, 0.6) is 0 Å². The van der Waals surface area contributed by atoms with E-state index in [-0.39, 0.29) is 5.91 Å². The van der Waals surface area contributed by atoms with Gasteiger partial charge in [-0.25, -0.2) is 0 Å². The third-order valence-electron chi connectivity index (χ3n) is 7.57. The van der Waals surface area contributed by atoms with Crippen LogP contribution in [-0.4, -0.2) is 61.0 Å². The average molecular weight is 384 g/mol. The Morgan fingerprint density at radius 3 is 2.04 bits per heavy atom. The van der Waals surface area contributed by atoms with Crippen molar-refractivity contribution in [1.29, 1.82) is 0 Å². The molecule has 4 rings (SSSR count). The second-order valence-electron chi connectivity index (χ2n) is 9.27. The number of piperidine rings is 3. The van der Waals surface area contributed by atoms with Gasteiger partial charge in [0.2, 0.25) is 5.91 Å². The van der Waals surface area contributed by atoms with Gasteiger partial charge in [-0.15, -0.1) is 0 Å². The Kier molecular flexibility index (Phi) is 6.25. The lowest BCUT2D eigenvalue weighted by Gasteiger charge is -2.44. The van der Waals surface area contributed by atoms with Crippen LogP contribution in [0.4, 0.5) is 5.69 Å². The fourth-order valence-corrected chi connectivity index (χ4v) is 5.76. The molecule has 1 aromatic rings. The van der Waals surface area contributed by atoms with Crippen LogP contribution in [0.1, 0.15) is 51.0 Å². The summed E-state index contributed by atoms with van der Waals surface area (Å²) >= 11 is 0. The lowest BCUT2D eigenvalue weighted by molar-refractivity contribution is -0.130. The Morgan fingerprint density at radius 2 is 1.46 bits per heavy atom. The maximum absolute atomic E-state index is 11.5. The molecule has 0 spiro atoms. The maximum atomic E-state index is 11.5. The molecule has 4 nitrogen and oxygen atoms in total. The first-order chi connectivity index (χ1) is 13.6. The monoisotopic (exact) mass is 383 g/mol. The molecule has 1 amide bonds. The Hall–Kier alpha value is -1.55. The van der Waals surface area contributed by atoms with E-state index in [4.69, 9.17) is 0 Å². The number of aryl methyl sites for hydroxylation is 1. The van der Waals surface area contributed by atoms with Gasteiger partial charge in [0, 0.05) is 44.8 Å². The minimum Gasteiger partial charge on any atom is -0.371 e. The molecule has 3 fully saturated rings. The van der Waals surface area contributed by atoms with Gasteiger partial charge in [0.25, 0.3) is 0 Å². The molecular formula is C24H37N3O. The quantitative estimate of drug-likeness (QED) is 0.791. The van der Waals surface area contributed by atoms with Crippen LogP contribution in [0.2, 0.25) is 0 Å². The predicted octanol–water partition coefficient (Wildman–Crippen LogP) is 3.93. The third-order valence-corrected chi connectivity index (χ3v) is 7.57. The van der Waals surface area contributed by atoms with Crippen LogP contribution in [0.3, 0.4) is 0 Å². The highest BCUT2D eigenvalue weighted by molar-refractivity contribution is 5.73. The van der Waals surface area contributed by atoms with E-state index >= 15 is 0 Å². The van der Waals surface area contributed by atoms with E-state index in [2.05, 4.69) is 41.0 Å². The number of amides is 1. The number of carbonyl (C=O) groups is 1. The summed E-state index contributed by atoms with van der Waals surface area (Å²) < 4.78 is 0. The van der Waals surface area contributed by atoms with Gasteiger partial charge in [-0.1, -0.05) is 12.1 Å². The molecule has 0 saturated carbocycles. The SMILES string of the molecule is CC(=O)N1CCC(C2CCN(C3CCN(c4cccc(C)c4)CC3)CC2)CC1. The van der Waals surface area contributed by atoms with Gasteiger partial charge < -0.3 is 14.7 Å². The third kappa shape index (κ3) is 4.53. The van der Waals surface area contributed by atoms with Crippen LogP contribution in [0.25, 0.3) is 0 Å². The fourth-order valence-electron chi connectivity index (χ4n) is 5.76. The molecule has 0 radical (unpaired) electrons. The standard InChI is InChI=1S/C24H37N3O/c1-19-4-3-5-24(18-19)27-16-10-23(11-17-27)26-14-8-22(9-15-26)21-6-12-25(13-7-21)20(2)28/h3-5,18,21-23H,6-17H2,1-2H3. The van der Waals surface area contributed by atoms with Crippen molar-refractivity contribution in [3.8, 4) is 0 Å². The Bertz CT molecular complexity index is 652. The van der Waals surface area contributed by atoms with E-state index in [9.17, 15) is 4.79 Å². The molecule has 1 aromatic carbocycles. The summed E-state index contributed by atoms with van der Waals surface area (Å²) in [6.45, 7) is 10.8. The topological polar surface area (TPSA) is 26.8 Å². The molecule has 0 unspecified atom stereocenters. The summed E-state index contributed by atoms with van der Waals surface area (Å²) in [5.41, 5.74) is 2.75. The molecule has 4 heteroatoms. The summed E-state index contributed by atoms with van der Waals surface area (Å²) in [6, 6.07) is 9.73. The first-order valence-corrected chi connectivity index (χ1v) is 11.4. The highest BCUT2D eigenvalue weighted by atomic mass is 16.2. The van der Waals surface area contributed by atoms with Crippen LogP contribution < -0.4 is 4.90 Å². The summed E-state index contributed by atoms with van der Waals surface area (Å²) in [4.78, 5) is 18.9. The largest absolute Gasteiger partial charge is 0.371 e. The van der Waals surface area contributed by atoms with Crippen molar-refractivity contribution >= 4 is 11.6 Å². The number of hydrogen-bond donors (Lipinski definition) is 0. The number of carbonyl (C=O) groups excluding carboxylic acids is 1. The summed E-state index contributed by atoms with van der Waals surface area (Å²) in [5.74, 6) is 1.99. The molecule has 3 aliphatic heterocycles. The number of anilines is 1. The van der Waals surface area contributed by atoms with Gasteiger partial charge in [0.15, 0.2) is 0 Å². The van der Waals surface area contributed by atoms with Crippen LogP contribution in [0, 0.1) is 18.8 Å². The van der Waals surface area contributed by atoms with Crippen molar-refractivity contribution < 1.29 is 4.79 Å². The highest BCUT2D eigenvalue weighted by Gasteiger charge is 2.33. The van der Waals surface area contributed by atoms with E-state index in [1.54, 1.807) is 6.92 Å². The number of likely N-dealkylation sites (tertiary alicyclic amines) is 2. The fraction of sp³-hybridized carbons (Fsp3) is 0.708. The van der Waals surface area contributed by atoms with E-state index < -0.39 is 0 Å². The van der Waals surface area contributed by atoms with Crippen molar-refractivity contribution in [2.24, 2.45) is 11.8 Å². The Balaban J connectivity index is 1.21. The first kappa shape index (κ1) is 19.8. The van der Waals surface area contributed by atoms with Crippen molar-refractivity contribution in [1.82, 2.24) is 9.80 Å². The molecule has 0 N–H and O–H groups in total. The van der Waals surface area contributed by atoms with E-state index in [1.165, 1.54) is 76.0 Å². The minimum atomic E-state index is 0.255. The van der Waals surface area contributed by atoms with E-state index in [0.29, 0.717) is 0 Å². The van der Waals surface area contributed by atoms with Crippen molar-refractivity contribution in [3.63, 3.8) is 0 Å². The van der Waals surface area contributed by atoms with Crippen LogP contribution >= 0.6 is 0 Å². The molecule has 154 valence electrons. The molecule has 0 aromatic heterocycles. The number of hydrogen-bond acceptors (Lipinski definition) is 3. The Labute approximate surface area is 170 Å². The molecule has 3 heterocycles. The average Bonchev–Trinajstić information content (AvgIpc) is 2.74. The zero-order chi connectivity index (χ0) is 19.5. The zero-order valence-corrected chi connectivity index (χ0v) is 17.8. The zero-order valence-electron chi connectivity index (χ0n) is 17.8. The van der Waals surface area contributed by atoms with Crippen molar-refractivity contribution in [2.45, 2.75) is 58.4 Å². The van der Waals surface area contributed by atoms with Gasteiger partial charge in [-0.2, -0.15) is 0 Å². The van der Waals surface area contributed by atoms with Gasteiger partial charge in [-0.05, 0) is 88.1 Å². The number of benzene rings is 1. The maximum Gasteiger partial charge on any atom is 0.219 e. The van der Waals surface area contributed by atoms with Crippen LogP contribution in [-0.2, 0) is 4.79 Å². The number of nitrogens with zero attached hydrogens (tertiary/aromatic N) is 3. The molecular weight excluding hydrogens is 346 g/mol. The normalized spacial score (nSPS) is 23.9. The lowest BCUT2D eigenvalue weighted by Crippen LogP contribution is -2.49. The van der Waals surface area contributed by atoms with Crippen LogP contribution in [0.15, 0.2) is 24.3 Å². The first-order valence-electron chi connectivity index (χ1n) is 11.4. The molecule has 0 bridgehead atoms. The van der Waals surface area contributed by atoms with E-state index in [1.807, 2.05) is 4.90 Å². The van der Waals surface area contributed by atoms with Gasteiger partial charge in [0.05, 0.1) is 0 Å². The molecule has 3 saturated heterocycles. The summed E-state index contributed by atoms with van der Waals surface area (Å²) in [7, 11) is 0. The highest BCUT2D eigenvalue weighted by Crippen LogP contribution is 2.34.